The van der Waals surface area contributed by atoms with Crippen molar-refractivity contribution >= 4 is 5.69 Å². The van der Waals surface area contributed by atoms with Crippen LogP contribution in [0.3, 0.4) is 0 Å². The number of aliphatic hydroxyl groups excluding tert-OH is 1. The largest absolute Gasteiger partial charge is 0.497 e. The number of nitrogens with zero attached hydrogens (tertiary/aromatic N) is 1. The van der Waals surface area contributed by atoms with Gasteiger partial charge in [0.2, 0.25) is 0 Å². The van der Waals surface area contributed by atoms with Crippen molar-refractivity contribution in [2.75, 3.05) is 26.0 Å². The second-order valence-corrected chi connectivity index (χ2v) is 4.54. The van der Waals surface area contributed by atoms with Crippen molar-refractivity contribution in [3.8, 4) is 5.75 Å². The van der Waals surface area contributed by atoms with Gasteiger partial charge in [-0.05, 0) is 30.5 Å². The Balaban J connectivity index is 2.07. The molecule has 4 nitrogen and oxygen atoms in total. The first-order valence-corrected chi connectivity index (χ1v) is 6.01. The van der Waals surface area contributed by atoms with Gasteiger partial charge >= 0.3 is 0 Å². The van der Waals surface area contributed by atoms with Crippen LogP contribution in [0.25, 0.3) is 0 Å². The fourth-order valence-electron chi connectivity index (χ4n) is 2.09. The number of aliphatic hydroxyl groups is 1. The lowest BCUT2D eigenvalue weighted by molar-refractivity contribution is 0.183. The topological polar surface area (TPSA) is 58.7 Å². The number of nitrogen functional groups attached to an aromatic ring is 1. The summed E-state index contributed by atoms with van der Waals surface area (Å²) in [6.07, 6.45) is 2.47. The highest BCUT2D eigenvalue weighted by atomic mass is 16.5. The molecule has 1 fully saturated rings. The Morgan fingerprint density at radius 2 is 2.18 bits per heavy atom. The Morgan fingerprint density at radius 3 is 2.76 bits per heavy atom. The van der Waals surface area contributed by atoms with E-state index >= 15 is 0 Å². The predicted octanol–water partition coefficient (Wildman–Crippen LogP) is 1.23. The summed E-state index contributed by atoms with van der Waals surface area (Å²) in [4.78, 5) is 2.30. The van der Waals surface area contributed by atoms with Crippen LogP contribution in [-0.4, -0.2) is 36.3 Å². The second kappa shape index (κ2) is 5.38. The number of anilines is 1. The molecule has 0 unspecified atom stereocenters. The van der Waals surface area contributed by atoms with Crippen LogP contribution in [0.1, 0.15) is 18.4 Å². The summed E-state index contributed by atoms with van der Waals surface area (Å²) in [5.74, 6) is 0.791. The summed E-state index contributed by atoms with van der Waals surface area (Å²) >= 11 is 0. The van der Waals surface area contributed by atoms with Gasteiger partial charge in [0.25, 0.3) is 0 Å². The first kappa shape index (κ1) is 12.2. The van der Waals surface area contributed by atoms with Gasteiger partial charge in [-0.3, -0.25) is 4.90 Å². The van der Waals surface area contributed by atoms with Gasteiger partial charge in [0.1, 0.15) is 5.75 Å². The third-order valence-electron chi connectivity index (χ3n) is 3.06. The standard InChI is InChI=1S/C13H20N2O2/c1-17-13-7-10(6-11(14)8-13)9-15(4-5-16)12-2-3-12/h6-8,12,16H,2-5,9,14H2,1H3. The van der Waals surface area contributed by atoms with Crippen LogP contribution in [0.15, 0.2) is 18.2 Å². The van der Waals surface area contributed by atoms with Crippen LogP contribution in [0.5, 0.6) is 5.75 Å². The fraction of sp³-hybridized carbons (Fsp3) is 0.538. The van der Waals surface area contributed by atoms with Gasteiger partial charge < -0.3 is 15.6 Å². The van der Waals surface area contributed by atoms with Gasteiger partial charge in [-0.1, -0.05) is 0 Å². The molecule has 94 valence electrons. The molecule has 0 spiro atoms. The number of rotatable bonds is 6. The Labute approximate surface area is 102 Å². The third kappa shape index (κ3) is 3.35. The van der Waals surface area contributed by atoms with Crippen LogP contribution in [0, 0.1) is 0 Å². The van der Waals surface area contributed by atoms with Crippen LogP contribution < -0.4 is 10.5 Å². The summed E-state index contributed by atoms with van der Waals surface area (Å²) in [6, 6.07) is 6.42. The van der Waals surface area contributed by atoms with Crippen molar-refractivity contribution in [1.29, 1.82) is 0 Å². The lowest BCUT2D eigenvalue weighted by atomic mass is 10.1. The minimum atomic E-state index is 0.204. The summed E-state index contributed by atoms with van der Waals surface area (Å²) in [5.41, 5.74) is 7.69. The van der Waals surface area contributed by atoms with Gasteiger partial charge in [-0.2, -0.15) is 0 Å². The average Bonchev–Trinajstić information content (AvgIpc) is 3.11. The summed E-state index contributed by atoms with van der Waals surface area (Å²) in [5, 5.41) is 9.06. The van der Waals surface area contributed by atoms with E-state index in [9.17, 15) is 0 Å². The van der Waals surface area contributed by atoms with E-state index in [0.717, 1.165) is 30.1 Å². The number of methoxy groups -OCH3 is 1. The number of nitrogens with two attached hydrogens (primary N) is 1. The van der Waals surface area contributed by atoms with E-state index in [1.807, 2.05) is 18.2 Å². The molecule has 0 aromatic heterocycles. The molecule has 3 N–H and O–H groups in total. The van der Waals surface area contributed by atoms with Gasteiger partial charge in [0, 0.05) is 30.9 Å². The zero-order valence-electron chi connectivity index (χ0n) is 10.2. The molecule has 4 heteroatoms. The Bertz CT molecular complexity index is 378. The van der Waals surface area contributed by atoms with E-state index in [2.05, 4.69) is 4.90 Å². The quantitative estimate of drug-likeness (QED) is 0.729. The number of benzene rings is 1. The van der Waals surface area contributed by atoms with Crippen LogP contribution in [-0.2, 0) is 6.54 Å². The molecule has 0 bridgehead atoms. The van der Waals surface area contributed by atoms with E-state index in [1.54, 1.807) is 7.11 Å². The molecule has 0 saturated heterocycles. The highest BCUT2D eigenvalue weighted by Gasteiger charge is 2.28. The van der Waals surface area contributed by atoms with Crippen molar-refractivity contribution < 1.29 is 9.84 Å². The maximum Gasteiger partial charge on any atom is 0.121 e. The van der Waals surface area contributed by atoms with Crippen molar-refractivity contribution in [1.82, 2.24) is 4.90 Å². The molecule has 0 aliphatic heterocycles. The lowest BCUT2D eigenvalue weighted by Crippen LogP contribution is -2.28. The smallest absolute Gasteiger partial charge is 0.121 e. The van der Waals surface area contributed by atoms with Crippen LogP contribution >= 0.6 is 0 Å². The molecule has 2 rings (SSSR count). The first-order valence-electron chi connectivity index (χ1n) is 6.01. The predicted molar refractivity (Wildman–Crippen MR) is 67.9 cm³/mol. The Morgan fingerprint density at radius 1 is 1.41 bits per heavy atom. The molecular weight excluding hydrogens is 216 g/mol. The van der Waals surface area contributed by atoms with Gasteiger partial charge in [0.15, 0.2) is 0 Å². The molecule has 17 heavy (non-hydrogen) atoms. The van der Waals surface area contributed by atoms with E-state index < -0.39 is 0 Å². The normalized spacial score (nSPS) is 15.2. The van der Waals surface area contributed by atoms with Crippen molar-refractivity contribution in [3.63, 3.8) is 0 Å². The molecule has 1 aromatic rings. The van der Waals surface area contributed by atoms with E-state index in [4.69, 9.17) is 15.6 Å². The maximum atomic E-state index is 9.06. The minimum absolute atomic E-state index is 0.204. The lowest BCUT2D eigenvalue weighted by Gasteiger charge is -2.21. The van der Waals surface area contributed by atoms with Gasteiger partial charge in [0.05, 0.1) is 13.7 Å². The first-order chi connectivity index (χ1) is 8.22. The average molecular weight is 236 g/mol. The number of hydrogen-bond acceptors (Lipinski definition) is 4. The van der Waals surface area contributed by atoms with Crippen LogP contribution in [0.4, 0.5) is 5.69 Å². The van der Waals surface area contributed by atoms with Gasteiger partial charge in [-0.25, -0.2) is 0 Å². The van der Waals surface area contributed by atoms with Crippen LogP contribution in [0.2, 0.25) is 0 Å². The molecule has 0 atom stereocenters. The van der Waals surface area contributed by atoms with E-state index in [1.165, 1.54) is 12.8 Å². The fourth-order valence-corrected chi connectivity index (χ4v) is 2.09. The molecule has 1 aliphatic rings. The molecular formula is C13H20N2O2. The van der Waals surface area contributed by atoms with Crippen molar-refractivity contribution in [2.24, 2.45) is 0 Å². The molecule has 1 saturated carbocycles. The SMILES string of the molecule is COc1cc(N)cc(CN(CCO)C2CC2)c1. The molecule has 1 aromatic carbocycles. The molecule has 1 aliphatic carbocycles. The van der Waals surface area contributed by atoms with E-state index in [0.29, 0.717) is 6.04 Å². The van der Waals surface area contributed by atoms with Crippen molar-refractivity contribution in [3.05, 3.63) is 23.8 Å². The number of hydrogen-bond donors (Lipinski definition) is 2. The second-order valence-electron chi connectivity index (χ2n) is 4.54. The molecule has 0 amide bonds. The Kier molecular flexibility index (Phi) is 3.86. The summed E-state index contributed by atoms with van der Waals surface area (Å²) < 4.78 is 5.21. The molecule has 0 heterocycles. The third-order valence-corrected chi connectivity index (χ3v) is 3.06. The van der Waals surface area contributed by atoms with Gasteiger partial charge in [-0.15, -0.1) is 0 Å². The van der Waals surface area contributed by atoms with Crippen molar-refractivity contribution in [2.45, 2.75) is 25.4 Å². The summed E-state index contributed by atoms with van der Waals surface area (Å²) in [6.45, 7) is 1.75. The van der Waals surface area contributed by atoms with E-state index in [-0.39, 0.29) is 6.61 Å². The number of ether oxygens (including phenoxy) is 1. The highest BCUT2D eigenvalue weighted by molar-refractivity contribution is 5.47. The maximum absolute atomic E-state index is 9.06. The Hall–Kier alpha value is -1.26. The monoisotopic (exact) mass is 236 g/mol. The minimum Gasteiger partial charge on any atom is -0.497 e. The zero-order chi connectivity index (χ0) is 12.3. The highest BCUT2D eigenvalue weighted by Crippen LogP contribution is 2.29. The summed E-state index contributed by atoms with van der Waals surface area (Å²) in [7, 11) is 1.64. The zero-order valence-corrected chi connectivity index (χ0v) is 10.2. The molecule has 0 radical (unpaired) electrons.